The van der Waals surface area contributed by atoms with E-state index in [1.165, 1.54) is 12.1 Å². The van der Waals surface area contributed by atoms with E-state index in [0.29, 0.717) is 22.4 Å². The summed E-state index contributed by atoms with van der Waals surface area (Å²) in [5, 5.41) is 8.76. The molecule has 78 valence electrons. The van der Waals surface area contributed by atoms with E-state index >= 15 is 0 Å². The first-order valence-corrected chi connectivity index (χ1v) is 4.76. The molecule has 0 bridgehead atoms. The zero-order chi connectivity index (χ0) is 11.5. The van der Waals surface area contributed by atoms with Gasteiger partial charge in [0.15, 0.2) is 0 Å². The smallest absolute Gasteiger partial charge is 0.131 e. The van der Waals surface area contributed by atoms with Gasteiger partial charge >= 0.3 is 0 Å². The second-order valence-corrected chi connectivity index (χ2v) is 3.43. The fourth-order valence-electron chi connectivity index (χ4n) is 1.52. The molecule has 0 aliphatic heterocycles. The number of rotatable bonds is 1. The van der Waals surface area contributed by atoms with Crippen LogP contribution < -0.4 is 5.73 Å². The molecule has 0 aromatic heterocycles. The molecule has 0 fully saturated rings. The highest BCUT2D eigenvalue weighted by Crippen LogP contribution is 2.25. The van der Waals surface area contributed by atoms with E-state index in [9.17, 15) is 4.39 Å². The lowest BCUT2D eigenvalue weighted by Crippen LogP contribution is -1.89. The topological polar surface area (TPSA) is 49.8 Å². The first-order valence-electron chi connectivity index (χ1n) is 4.76. The molecule has 0 saturated carbocycles. The number of nitriles is 1. The Morgan fingerprint density at radius 1 is 1.12 bits per heavy atom. The Morgan fingerprint density at radius 3 is 2.69 bits per heavy atom. The van der Waals surface area contributed by atoms with E-state index < -0.39 is 0 Å². The highest BCUT2D eigenvalue weighted by atomic mass is 19.1. The van der Waals surface area contributed by atoms with Gasteiger partial charge in [-0.1, -0.05) is 12.1 Å². The van der Waals surface area contributed by atoms with Gasteiger partial charge in [-0.05, 0) is 35.9 Å². The predicted octanol–water partition coefficient (Wildman–Crippen LogP) is 2.95. The Kier molecular flexibility index (Phi) is 2.57. The molecule has 2 nitrogen and oxygen atoms in total. The van der Waals surface area contributed by atoms with Crippen LogP contribution in [0, 0.1) is 17.1 Å². The van der Waals surface area contributed by atoms with Crippen LogP contribution in [-0.2, 0) is 0 Å². The summed E-state index contributed by atoms with van der Waals surface area (Å²) in [7, 11) is 0. The van der Waals surface area contributed by atoms with Crippen LogP contribution in [0.4, 0.5) is 10.1 Å². The number of nitrogens with zero attached hydrogens (tertiary/aromatic N) is 1. The van der Waals surface area contributed by atoms with Crippen LogP contribution in [0.25, 0.3) is 11.1 Å². The third-order valence-electron chi connectivity index (χ3n) is 2.29. The summed E-state index contributed by atoms with van der Waals surface area (Å²) in [6.45, 7) is 0. The van der Waals surface area contributed by atoms with Crippen molar-refractivity contribution < 1.29 is 4.39 Å². The van der Waals surface area contributed by atoms with E-state index in [1.807, 2.05) is 6.07 Å². The molecule has 2 aromatic rings. The number of anilines is 1. The van der Waals surface area contributed by atoms with Crippen molar-refractivity contribution in [3.05, 3.63) is 53.8 Å². The van der Waals surface area contributed by atoms with Gasteiger partial charge in [0, 0.05) is 11.3 Å². The standard InChI is InChI=1S/C13H9FN2/c14-13-5-4-11(16)7-12(13)10-3-1-2-9(6-10)8-15/h1-7H,16H2. The van der Waals surface area contributed by atoms with Crippen LogP contribution in [0.2, 0.25) is 0 Å². The normalized spacial score (nSPS) is 9.75. The Hall–Kier alpha value is -2.34. The second-order valence-electron chi connectivity index (χ2n) is 3.43. The monoisotopic (exact) mass is 212 g/mol. The molecule has 0 radical (unpaired) electrons. The number of hydrogen-bond donors (Lipinski definition) is 1. The summed E-state index contributed by atoms with van der Waals surface area (Å²) in [5.41, 5.74) is 7.67. The molecule has 2 rings (SSSR count). The summed E-state index contributed by atoms with van der Waals surface area (Å²) in [5.74, 6) is -0.343. The number of hydrogen-bond acceptors (Lipinski definition) is 2. The van der Waals surface area contributed by atoms with Crippen molar-refractivity contribution in [2.24, 2.45) is 0 Å². The van der Waals surface area contributed by atoms with Crippen molar-refractivity contribution in [1.82, 2.24) is 0 Å². The van der Waals surface area contributed by atoms with Gasteiger partial charge in [0.05, 0.1) is 11.6 Å². The van der Waals surface area contributed by atoms with Crippen LogP contribution in [0.15, 0.2) is 42.5 Å². The molecule has 0 spiro atoms. The van der Waals surface area contributed by atoms with E-state index in [4.69, 9.17) is 11.0 Å². The lowest BCUT2D eigenvalue weighted by Gasteiger charge is -2.04. The van der Waals surface area contributed by atoms with Gasteiger partial charge in [-0.25, -0.2) is 4.39 Å². The Bertz CT molecular complexity index is 570. The molecule has 0 aliphatic rings. The van der Waals surface area contributed by atoms with E-state index in [2.05, 4.69) is 0 Å². The molecule has 2 N–H and O–H groups in total. The largest absolute Gasteiger partial charge is 0.399 e. The van der Waals surface area contributed by atoms with Gasteiger partial charge < -0.3 is 5.73 Å². The van der Waals surface area contributed by atoms with E-state index in [-0.39, 0.29) is 5.82 Å². The van der Waals surface area contributed by atoms with Crippen molar-refractivity contribution in [3.8, 4) is 17.2 Å². The molecule has 0 aliphatic carbocycles. The Morgan fingerprint density at radius 2 is 1.94 bits per heavy atom. The highest BCUT2D eigenvalue weighted by Gasteiger charge is 2.05. The number of halogens is 1. The van der Waals surface area contributed by atoms with Gasteiger partial charge in [0.25, 0.3) is 0 Å². The van der Waals surface area contributed by atoms with Crippen LogP contribution in [-0.4, -0.2) is 0 Å². The first kappa shape index (κ1) is 10.2. The summed E-state index contributed by atoms with van der Waals surface area (Å²) < 4.78 is 13.6. The van der Waals surface area contributed by atoms with Gasteiger partial charge in [0.2, 0.25) is 0 Å². The molecule has 0 heterocycles. The summed E-state index contributed by atoms with van der Waals surface area (Å²) in [6.07, 6.45) is 0. The third-order valence-corrected chi connectivity index (χ3v) is 2.29. The van der Waals surface area contributed by atoms with Gasteiger partial charge in [-0.2, -0.15) is 5.26 Å². The fourth-order valence-corrected chi connectivity index (χ4v) is 1.52. The van der Waals surface area contributed by atoms with Crippen LogP contribution in [0.3, 0.4) is 0 Å². The maximum atomic E-state index is 13.6. The summed E-state index contributed by atoms with van der Waals surface area (Å²) in [6, 6.07) is 13.2. The van der Waals surface area contributed by atoms with Crippen molar-refractivity contribution in [2.45, 2.75) is 0 Å². The summed E-state index contributed by atoms with van der Waals surface area (Å²) >= 11 is 0. The fraction of sp³-hybridized carbons (Fsp3) is 0. The molecule has 0 unspecified atom stereocenters. The quantitative estimate of drug-likeness (QED) is 0.739. The summed E-state index contributed by atoms with van der Waals surface area (Å²) in [4.78, 5) is 0. The molecular formula is C13H9FN2. The lowest BCUT2D eigenvalue weighted by molar-refractivity contribution is 0.631. The minimum absolute atomic E-state index is 0.343. The van der Waals surface area contributed by atoms with Crippen molar-refractivity contribution in [3.63, 3.8) is 0 Å². The average molecular weight is 212 g/mol. The molecule has 2 aromatic carbocycles. The van der Waals surface area contributed by atoms with Crippen LogP contribution >= 0.6 is 0 Å². The molecule has 0 amide bonds. The second kappa shape index (κ2) is 4.03. The average Bonchev–Trinajstić information content (AvgIpc) is 2.32. The number of nitrogen functional groups attached to an aromatic ring is 1. The SMILES string of the molecule is N#Cc1cccc(-c2cc(N)ccc2F)c1. The van der Waals surface area contributed by atoms with Gasteiger partial charge in [-0.3, -0.25) is 0 Å². The van der Waals surface area contributed by atoms with Gasteiger partial charge in [0.1, 0.15) is 5.82 Å². The molecule has 16 heavy (non-hydrogen) atoms. The number of benzene rings is 2. The van der Waals surface area contributed by atoms with Crippen molar-refractivity contribution >= 4 is 5.69 Å². The Labute approximate surface area is 92.8 Å². The minimum atomic E-state index is -0.343. The predicted molar refractivity (Wildman–Crippen MR) is 61.0 cm³/mol. The highest BCUT2D eigenvalue weighted by molar-refractivity contribution is 5.69. The molecular weight excluding hydrogens is 203 g/mol. The van der Waals surface area contributed by atoms with Crippen LogP contribution in [0.5, 0.6) is 0 Å². The van der Waals surface area contributed by atoms with Crippen molar-refractivity contribution in [1.29, 1.82) is 5.26 Å². The van der Waals surface area contributed by atoms with E-state index in [1.54, 1.807) is 30.3 Å². The first-order chi connectivity index (χ1) is 7.70. The van der Waals surface area contributed by atoms with Crippen molar-refractivity contribution in [2.75, 3.05) is 5.73 Å². The van der Waals surface area contributed by atoms with Gasteiger partial charge in [-0.15, -0.1) is 0 Å². The minimum Gasteiger partial charge on any atom is -0.399 e. The lowest BCUT2D eigenvalue weighted by atomic mass is 10.0. The molecule has 3 heteroatoms. The van der Waals surface area contributed by atoms with E-state index in [0.717, 1.165) is 0 Å². The maximum absolute atomic E-state index is 13.6. The number of nitrogens with two attached hydrogens (primary N) is 1. The third kappa shape index (κ3) is 1.86. The molecule has 0 atom stereocenters. The zero-order valence-electron chi connectivity index (χ0n) is 8.44. The molecule has 0 saturated heterocycles. The van der Waals surface area contributed by atoms with Crippen LogP contribution in [0.1, 0.15) is 5.56 Å². The maximum Gasteiger partial charge on any atom is 0.131 e. The Balaban J connectivity index is 2.58. The zero-order valence-corrected chi connectivity index (χ0v) is 8.44.